The number of hydrogen-bond acceptors (Lipinski definition) is 3. The fraction of sp³-hybridized carbons (Fsp3) is 0.500. The van der Waals surface area contributed by atoms with Crippen LogP contribution in [0.5, 0.6) is 0 Å². The number of para-hydroxylation sites is 1. The van der Waals surface area contributed by atoms with Crippen LogP contribution in [0.3, 0.4) is 0 Å². The van der Waals surface area contributed by atoms with Gasteiger partial charge < -0.3 is 14.8 Å². The highest BCUT2D eigenvalue weighted by atomic mass is 16.2. The summed E-state index contributed by atoms with van der Waals surface area (Å²) in [4.78, 5) is 34.0. The van der Waals surface area contributed by atoms with E-state index in [2.05, 4.69) is 9.88 Å². The number of hydrogen-bond donors (Lipinski definition) is 1. The summed E-state index contributed by atoms with van der Waals surface area (Å²) in [6, 6.07) is 8.05. The molecule has 26 heavy (non-hydrogen) atoms. The number of carbonyl (C=O) groups is 2. The van der Waals surface area contributed by atoms with Gasteiger partial charge in [0.2, 0.25) is 11.8 Å². The lowest BCUT2D eigenvalue weighted by molar-refractivity contribution is -0.134. The van der Waals surface area contributed by atoms with Crippen molar-refractivity contribution in [2.75, 3.05) is 45.8 Å². The van der Waals surface area contributed by atoms with Gasteiger partial charge in [-0.1, -0.05) is 18.2 Å². The molecule has 1 aliphatic rings. The van der Waals surface area contributed by atoms with Gasteiger partial charge in [0.15, 0.2) is 0 Å². The van der Waals surface area contributed by atoms with E-state index in [0.29, 0.717) is 26.1 Å². The number of aromatic amines is 1. The highest BCUT2D eigenvalue weighted by Gasteiger charge is 2.24. The summed E-state index contributed by atoms with van der Waals surface area (Å²) in [6.07, 6.45) is 2.35. The predicted molar refractivity (Wildman–Crippen MR) is 103 cm³/mol. The summed E-state index contributed by atoms with van der Waals surface area (Å²) in [5.41, 5.74) is 2.11. The summed E-state index contributed by atoms with van der Waals surface area (Å²) in [5.74, 6) is 0.332. The standard InChI is InChI=1S/C20H28N4O2/c1-3-23(4-2)20(26)15-22-9-11-24(12-10-22)19(25)13-16-14-21-18-8-6-5-7-17(16)18/h5-8,14,21H,3-4,9-13,15H2,1-2H3. The number of H-pyrrole nitrogens is 1. The molecule has 1 aromatic carbocycles. The first-order chi connectivity index (χ1) is 12.6. The van der Waals surface area contributed by atoms with Crippen molar-refractivity contribution in [3.05, 3.63) is 36.0 Å². The number of rotatable bonds is 6. The first-order valence-corrected chi connectivity index (χ1v) is 9.45. The Morgan fingerprint density at radius 3 is 2.46 bits per heavy atom. The molecule has 0 atom stereocenters. The van der Waals surface area contributed by atoms with Gasteiger partial charge in [-0.15, -0.1) is 0 Å². The van der Waals surface area contributed by atoms with Crippen molar-refractivity contribution < 1.29 is 9.59 Å². The Balaban J connectivity index is 1.51. The van der Waals surface area contributed by atoms with Crippen molar-refractivity contribution in [2.45, 2.75) is 20.3 Å². The van der Waals surface area contributed by atoms with E-state index in [0.717, 1.165) is 42.6 Å². The number of fused-ring (bicyclic) bond motifs is 1. The molecule has 0 saturated carbocycles. The van der Waals surface area contributed by atoms with E-state index in [1.807, 2.05) is 54.1 Å². The maximum Gasteiger partial charge on any atom is 0.236 e. The maximum atomic E-state index is 12.7. The van der Waals surface area contributed by atoms with Gasteiger partial charge in [0.05, 0.1) is 13.0 Å². The van der Waals surface area contributed by atoms with Crippen LogP contribution in [0, 0.1) is 0 Å². The quantitative estimate of drug-likeness (QED) is 0.857. The molecule has 140 valence electrons. The summed E-state index contributed by atoms with van der Waals surface area (Å²) in [7, 11) is 0. The van der Waals surface area contributed by atoms with Gasteiger partial charge in [0, 0.05) is 56.4 Å². The average Bonchev–Trinajstić information content (AvgIpc) is 3.06. The Morgan fingerprint density at radius 1 is 1.08 bits per heavy atom. The number of aromatic nitrogens is 1. The third-order valence-electron chi connectivity index (χ3n) is 5.22. The molecule has 1 saturated heterocycles. The van der Waals surface area contributed by atoms with Crippen LogP contribution in [0.1, 0.15) is 19.4 Å². The molecule has 6 nitrogen and oxygen atoms in total. The van der Waals surface area contributed by atoms with Crippen molar-refractivity contribution >= 4 is 22.7 Å². The molecule has 2 heterocycles. The summed E-state index contributed by atoms with van der Waals surface area (Å²) in [5, 5.41) is 1.12. The van der Waals surface area contributed by atoms with Crippen molar-refractivity contribution in [1.29, 1.82) is 0 Å². The third kappa shape index (κ3) is 4.07. The van der Waals surface area contributed by atoms with E-state index in [-0.39, 0.29) is 11.8 Å². The SMILES string of the molecule is CCN(CC)C(=O)CN1CCN(C(=O)Cc2c[nH]c3ccccc23)CC1. The number of nitrogens with zero attached hydrogens (tertiary/aromatic N) is 3. The number of piperazine rings is 1. The molecule has 0 spiro atoms. The lowest BCUT2D eigenvalue weighted by Crippen LogP contribution is -2.51. The van der Waals surface area contributed by atoms with Crippen LogP contribution in [0.25, 0.3) is 10.9 Å². The maximum absolute atomic E-state index is 12.7. The van der Waals surface area contributed by atoms with Gasteiger partial charge >= 0.3 is 0 Å². The largest absolute Gasteiger partial charge is 0.361 e. The molecule has 0 radical (unpaired) electrons. The number of amides is 2. The molecule has 1 N–H and O–H groups in total. The smallest absolute Gasteiger partial charge is 0.236 e. The zero-order chi connectivity index (χ0) is 18.5. The van der Waals surface area contributed by atoms with E-state index >= 15 is 0 Å². The monoisotopic (exact) mass is 356 g/mol. The number of carbonyl (C=O) groups excluding carboxylic acids is 2. The second-order valence-corrected chi connectivity index (χ2v) is 6.76. The molecular weight excluding hydrogens is 328 g/mol. The molecule has 0 unspecified atom stereocenters. The Bertz CT molecular complexity index is 758. The fourth-order valence-electron chi connectivity index (χ4n) is 3.58. The molecule has 1 aromatic heterocycles. The Morgan fingerprint density at radius 2 is 1.77 bits per heavy atom. The normalized spacial score (nSPS) is 15.4. The first kappa shape index (κ1) is 18.5. The van der Waals surface area contributed by atoms with Gasteiger partial charge in [-0.2, -0.15) is 0 Å². The topological polar surface area (TPSA) is 59.7 Å². The molecule has 1 aliphatic heterocycles. The molecule has 2 aromatic rings. The number of likely N-dealkylation sites (N-methyl/N-ethyl adjacent to an activating group) is 1. The Hall–Kier alpha value is -2.34. The lowest BCUT2D eigenvalue weighted by Gasteiger charge is -2.35. The minimum Gasteiger partial charge on any atom is -0.361 e. The lowest BCUT2D eigenvalue weighted by atomic mass is 10.1. The zero-order valence-electron chi connectivity index (χ0n) is 15.7. The molecule has 0 aliphatic carbocycles. The van der Waals surface area contributed by atoms with Crippen LogP contribution in [-0.2, 0) is 16.0 Å². The van der Waals surface area contributed by atoms with Crippen LogP contribution in [0.15, 0.2) is 30.5 Å². The van der Waals surface area contributed by atoms with Crippen LogP contribution in [0.4, 0.5) is 0 Å². The number of benzene rings is 1. The van der Waals surface area contributed by atoms with E-state index < -0.39 is 0 Å². The summed E-state index contributed by atoms with van der Waals surface area (Å²) in [6.45, 7) is 8.84. The zero-order valence-corrected chi connectivity index (χ0v) is 15.7. The van der Waals surface area contributed by atoms with Crippen LogP contribution < -0.4 is 0 Å². The summed E-state index contributed by atoms with van der Waals surface area (Å²) < 4.78 is 0. The van der Waals surface area contributed by atoms with E-state index in [1.54, 1.807) is 0 Å². The highest BCUT2D eigenvalue weighted by molar-refractivity contribution is 5.89. The molecule has 2 amide bonds. The van der Waals surface area contributed by atoms with E-state index in [9.17, 15) is 9.59 Å². The van der Waals surface area contributed by atoms with Gasteiger partial charge in [-0.25, -0.2) is 0 Å². The molecule has 3 rings (SSSR count). The van der Waals surface area contributed by atoms with Crippen molar-refractivity contribution in [3.63, 3.8) is 0 Å². The van der Waals surface area contributed by atoms with Gasteiger partial charge in [0.1, 0.15) is 0 Å². The fourth-order valence-corrected chi connectivity index (χ4v) is 3.58. The molecular formula is C20H28N4O2. The van der Waals surface area contributed by atoms with Crippen molar-refractivity contribution in [1.82, 2.24) is 19.7 Å². The minimum atomic E-state index is 0.157. The van der Waals surface area contributed by atoms with Crippen LogP contribution >= 0.6 is 0 Å². The van der Waals surface area contributed by atoms with Crippen LogP contribution in [-0.4, -0.2) is 77.3 Å². The Kier molecular flexibility index (Phi) is 5.93. The van der Waals surface area contributed by atoms with Crippen LogP contribution in [0.2, 0.25) is 0 Å². The summed E-state index contributed by atoms with van der Waals surface area (Å²) >= 11 is 0. The van der Waals surface area contributed by atoms with Gasteiger partial charge in [-0.05, 0) is 25.5 Å². The Labute approximate surface area is 154 Å². The average molecular weight is 356 g/mol. The molecule has 1 fully saturated rings. The second-order valence-electron chi connectivity index (χ2n) is 6.76. The van der Waals surface area contributed by atoms with Crippen molar-refractivity contribution in [2.24, 2.45) is 0 Å². The van der Waals surface area contributed by atoms with Crippen molar-refractivity contribution in [3.8, 4) is 0 Å². The minimum absolute atomic E-state index is 0.157. The van der Waals surface area contributed by atoms with E-state index in [1.165, 1.54) is 0 Å². The van der Waals surface area contributed by atoms with E-state index in [4.69, 9.17) is 0 Å². The van der Waals surface area contributed by atoms with Gasteiger partial charge in [-0.3, -0.25) is 14.5 Å². The highest BCUT2D eigenvalue weighted by Crippen LogP contribution is 2.19. The molecule has 6 heteroatoms. The molecule has 0 bridgehead atoms. The third-order valence-corrected chi connectivity index (χ3v) is 5.22. The van der Waals surface area contributed by atoms with Gasteiger partial charge in [0.25, 0.3) is 0 Å². The predicted octanol–water partition coefficient (Wildman–Crippen LogP) is 1.72. The second kappa shape index (κ2) is 8.36. The first-order valence-electron chi connectivity index (χ1n) is 9.45. The number of nitrogens with one attached hydrogen (secondary N) is 1.